The average Bonchev–Trinajstić information content (AvgIpc) is 3.14. The first-order chi connectivity index (χ1) is 11.1. The molecule has 0 bridgehead atoms. The topological polar surface area (TPSA) is 90.5 Å². The summed E-state index contributed by atoms with van der Waals surface area (Å²) in [6, 6.07) is 7.72. The highest BCUT2D eigenvalue weighted by Gasteiger charge is 2.15. The van der Waals surface area contributed by atoms with E-state index in [1.807, 2.05) is 24.3 Å². The van der Waals surface area contributed by atoms with E-state index in [1.165, 1.54) is 11.6 Å². The molecule has 4 rings (SSSR count). The molecule has 0 saturated carbocycles. The zero-order chi connectivity index (χ0) is 16.1. The molecule has 4 aromatic rings. The van der Waals surface area contributed by atoms with Gasteiger partial charge in [0.2, 0.25) is 0 Å². The van der Waals surface area contributed by atoms with E-state index < -0.39 is 5.69 Å². The molecular weight excluding hydrogens is 296 g/mol. The van der Waals surface area contributed by atoms with Crippen LogP contribution in [0.1, 0.15) is 5.82 Å². The number of hydrogen-bond acceptors (Lipinski definition) is 4. The molecule has 3 heterocycles. The number of nitrogens with zero attached hydrogens (tertiary/aromatic N) is 5. The maximum Gasteiger partial charge on any atom is 0.332 e. The molecule has 0 aliphatic carbocycles. The van der Waals surface area contributed by atoms with Crippen LogP contribution in [0.5, 0.6) is 0 Å². The minimum atomic E-state index is -0.392. The highest BCUT2D eigenvalue weighted by atomic mass is 16.2. The maximum absolute atomic E-state index is 12.4. The summed E-state index contributed by atoms with van der Waals surface area (Å²) in [4.78, 5) is 36.3. The summed E-state index contributed by atoms with van der Waals surface area (Å²) >= 11 is 0. The van der Waals surface area contributed by atoms with Gasteiger partial charge in [0.25, 0.3) is 5.56 Å². The summed E-state index contributed by atoms with van der Waals surface area (Å²) in [6.45, 7) is 0.374. The molecule has 116 valence electrons. The number of fused-ring (bicyclic) bond motifs is 2. The fourth-order valence-corrected chi connectivity index (χ4v) is 2.76. The fourth-order valence-electron chi connectivity index (χ4n) is 2.76. The van der Waals surface area contributed by atoms with E-state index in [1.54, 1.807) is 17.9 Å². The molecule has 8 nitrogen and oxygen atoms in total. The summed E-state index contributed by atoms with van der Waals surface area (Å²) in [6.07, 6.45) is 1.55. The first kappa shape index (κ1) is 13.5. The van der Waals surface area contributed by atoms with Crippen molar-refractivity contribution in [1.82, 2.24) is 28.7 Å². The first-order valence-electron chi connectivity index (χ1n) is 7.11. The third kappa shape index (κ3) is 1.91. The van der Waals surface area contributed by atoms with Gasteiger partial charge in [0.15, 0.2) is 11.2 Å². The molecule has 0 saturated heterocycles. The van der Waals surface area contributed by atoms with E-state index in [-0.39, 0.29) is 5.56 Å². The van der Waals surface area contributed by atoms with Gasteiger partial charge in [-0.1, -0.05) is 12.1 Å². The van der Waals surface area contributed by atoms with Crippen molar-refractivity contribution in [2.45, 2.75) is 6.54 Å². The van der Waals surface area contributed by atoms with Crippen molar-refractivity contribution < 1.29 is 0 Å². The molecule has 1 aromatic carbocycles. The quantitative estimate of drug-likeness (QED) is 0.579. The van der Waals surface area contributed by atoms with Crippen molar-refractivity contribution in [3.63, 3.8) is 0 Å². The predicted octanol–water partition coefficient (Wildman–Crippen LogP) is 0.358. The number of hydrogen-bond donors (Lipinski definition) is 1. The number of rotatable bonds is 2. The molecule has 0 atom stereocenters. The Labute approximate surface area is 129 Å². The monoisotopic (exact) mass is 310 g/mol. The van der Waals surface area contributed by atoms with Gasteiger partial charge in [-0.15, -0.1) is 0 Å². The zero-order valence-corrected chi connectivity index (χ0v) is 12.6. The highest BCUT2D eigenvalue weighted by Crippen LogP contribution is 2.13. The largest absolute Gasteiger partial charge is 0.340 e. The minimum Gasteiger partial charge on any atom is -0.340 e. The van der Waals surface area contributed by atoms with Crippen molar-refractivity contribution in [3.8, 4) is 0 Å². The van der Waals surface area contributed by atoms with Crippen LogP contribution in [-0.2, 0) is 20.6 Å². The number of aromatic amines is 1. The molecule has 0 aliphatic rings. The normalized spacial score (nSPS) is 11.6. The average molecular weight is 310 g/mol. The molecule has 0 spiro atoms. The summed E-state index contributed by atoms with van der Waals surface area (Å²) in [5.74, 6) is 0.724. The molecule has 23 heavy (non-hydrogen) atoms. The summed E-state index contributed by atoms with van der Waals surface area (Å²) in [7, 11) is 3.06. The van der Waals surface area contributed by atoms with Gasteiger partial charge in [0, 0.05) is 14.1 Å². The van der Waals surface area contributed by atoms with Gasteiger partial charge >= 0.3 is 5.69 Å². The maximum atomic E-state index is 12.4. The second-order valence-corrected chi connectivity index (χ2v) is 5.45. The Bertz CT molecular complexity index is 1130. The standard InChI is InChI=1S/C15H14N6O2/c1-19-13-12(14(22)20(2)15(19)23)21(8-16-13)7-11-17-9-5-3-4-6-10(9)18-11/h3-6,8H,7H2,1-2H3,(H,17,18). The molecule has 3 aromatic heterocycles. The summed E-state index contributed by atoms with van der Waals surface area (Å²) in [5.41, 5.74) is 1.80. The number of nitrogens with one attached hydrogen (secondary N) is 1. The number of benzene rings is 1. The second kappa shape index (κ2) is 4.67. The Kier molecular flexibility index (Phi) is 2.74. The van der Waals surface area contributed by atoms with Crippen LogP contribution in [0.4, 0.5) is 0 Å². The van der Waals surface area contributed by atoms with Gasteiger partial charge in [-0.05, 0) is 12.1 Å². The third-order valence-electron chi connectivity index (χ3n) is 3.98. The first-order valence-corrected chi connectivity index (χ1v) is 7.11. The number of H-pyrrole nitrogens is 1. The lowest BCUT2D eigenvalue weighted by Crippen LogP contribution is -2.37. The molecule has 0 amide bonds. The van der Waals surface area contributed by atoms with Gasteiger partial charge in [0.05, 0.1) is 23.9 Å². The Morgan fingerprint density at radius 3 is 2.70 bits per heavy atom. The molecule has 0 radical (unpaired) electrons. The molecular formula is C15H14N6O2. The Morgan fingerprint density at radius 1 is 1.13 bits per heavy atom. The van der Waals surface area contributed by atoms with Gasteiger partial charge in [-0.25, -0.2) is 14.8 Å². The molecule has 0 fully saturated rings. The van der Waals surface area contributed by atoms with Crippen LogP contribution in [0.25, 0.3) is 22.2 Å². The zero-order valence-electron chi connectivity index (χ0n) is 12.6. The highest BCUT2D eigenvalue weighted by molar-refractivity contribution is 5.75. The van der Waals surface area contributed by atoms with Crippen molar-refractivity contribution in [3.05, 3.63) is 57.3 Å². The fraction of sp³-hybridized carbons (Fsp3) is 0.200. The lowest BCUT2D eigenvalue weighted by Gasteiger charge is -2.05. The number of imidazole rings is 2. The van der Waals surface area contributed by atoms with Crippen molar-refractivity contribution in [2.75, 3.05) is 0 Å². The van der Waals surface area contributed by atoms with Crippen molar-refractivity contribution >= 4 is 22.2 Å². The van der Waals surface area contributed by atoms with Crippen LogP contribution in [-0.4, -0.2) is 28.7 Å². The minimum absolute atomic E-state index is 0.364. The van der Waals surface area contributed by atoms with E-state index in [4.69, 9.17) is 0 Å². The van der Waals surface area contributed by atoms with Gasteiger partial charge in [-0.3, -0.25) is 13.9 Å². The van der Waals surface area contributed by atoms with Gasteiger partial charge < -0.3 is 9.55 Å². The molecule has 0 unspecified atom stereocenters. The van der Waals surface area contributed by atoms with E-state index >= 15 is 0 Å². The Morgan fingerprint density at radius 2 is 1.91 bits per heavy atom. The molecule has 8 heteroatoms. The lowest BCUT2D eigenvalue weighted by molar-refractivity contribution is 0.700. The Hall–Kier alpha value is -3.16. The van der Waals surface area contributed by atoms with Crippen LogP contribution in [0.3, 0.4) is 0 Å². The van der Waals surface area contributed by atoms with Crippen LogP contribution in [0.15, 0.2) is 40.2 Å². The second-order valence-electron chi connectivity index (χ2n) is 5.45. The number of para-hydroxylation sites is 2. The van der Waals surface area contributed by atoms with Crippen molar-refractivity contribution in [1.29, 1.82) is 0 Å². The van der Waals surface area contributed by atoms with E-state index in [9.17, 15) is 9.59 Å². The van der Waals surface area contributed by atoms with E-state index in [2.05, 4.69) is 15.0 Å². The third-order valence-corrected chi connectivity index (χ3v) is 3.98. The van der Waals surface area contributed by atoms with Crippen LogP contribution < -0.4 is 11.2 Å². The smallest absolute Gasteiger partial charge is 0.332 e. The van der Waals surface area contributed by atoms with E-state index in [0.29, 0.717) is 17.7 Å². The van der Waals surface area contributed by atoms with Gasteiger partial charge in [0.1, 0.15) is 5.82 Å². The van der Waals surface area contributed by atoms with Gasteiger partial charge in [-0.2, -0.15) is 0 Å². The van der Waals surface area contributed by atoms with E-state index in [0.717, 1.165) is 21.4 Å². The van der Waals surface area contributed by atoms with Crippen LogP contribution >= 0.6 is 0 Å². The molecule has 0 aliphatic heterocycles. The van der Waals surface area contributed by atoms with Crippen LogP contribution in [0.2, 0.25) is 0 Å². The molecule has 1 N–H and O–H groups in total. The number of aromatic nitrogens is 6. The van der Waals surface area contributed by atoms with Crippen LogP contribution in [0, 0.1) is 0 Å². The summed E-state index contributed by atoms with van der Waals surface area (Å²) in [5, 5.41) is 0. The Balaban J connectivity index is 1.89. The number of aryl methyl sites for hydroxylation is 1. The predicted molar refractivity (Wildman–Crippen MR) is 85.4 cm³/mol. The lowest BCUT2D eigenvalue weighted by atomic mass is 10.3. The van der Waals surface area contributed by atoms with Crippen molar-refractivity contribution in [2.24, 2.45) is 14.1 Å². The summed E-state index contributed by atoms with van der Waals surface area (Å²) < 4.78 is 4.15. The SMILES string of the molecule is Cn1c(=O)c2c(ncn2Cc2nc3ccccc3[nH]2)n(C)c1=O.